The number of sulfonamides is 1. The summed E-state index contributed by atoms with van der Waals surface area (Å²) in [6.07, 6.45) is 5.50. The quantitative estimate of drug-likeness (QED) is 0.357. The van der Waals surface area contributed by atoms with Crippen LogP contribution in [0.25, 0.3) is 0 Å². The van der Waals surface area contributed by atoms with Crippen LogP contribution in [0.15, 0.2) is 89.8 Å². The van der Waals surface area contributed by atoms with Gasteiger partial charge in [-0.25, -0.2) is 12.8 Å². The minimum absolute atomic E-state index is 0.0585. The van der Waals surface area contributed by atoms with E-state index in [4.69, 9.17) is 0 Å². The van der Waals surface area contributed by atoms with Crippen LogP contribution >= 0.6 is 0 Å². The molecule has 0 aromatic heterocycles. The maximum Gasteiger partial charge on any atom is 0.264 e. The van der Waals surface area contributed by atoms with Crippen LogP contribution in [0.3, 0.4) is 0 Å². The zero-order valence-electron chi connectivity index (χ0n) is 22.7. The van der Waals surface area contributed by atoms with Gasteiger partial charge in [0.2, 0.25) is 11.8 Å². The van der Waals surface area contributed by atoms with Gasteiger partial charge < -0.3 is 10.2 Å². The SMILES string of the molecule is C[C@H](C(=O)NC1CCCCC1)N(CCc1ccccc1)C(=O)CN(c1ccccc1F)S(=O)(=O)c1ccccc1. The van der Waals surface area contributed by atoms with E-state index in [1.807, 2.05) is 30.3 Å². The molecule has 0 aliphatic heterocycles. The number of halogens is 1. The van der Waals surface area contributed by atoms with Crippen LogP contribution in [0, 0.1) is 5.82 Å². The Morgan fingerprint density at radius 1 is 0.900 bits per heavy atom. The molecular weight excluding hydrogens is 529 g/mol. The number of hydrogen-bond donors (Lipinski definition) is 1. The number of anilines is 1. The van der Waals surface area contributed by atoms with E-state index in [1.54, 1.807) is 25.1 Å². The zero-order chi connectivity index (χ0) is 28.5. The fourth-order valence-electron chi connectivity index (χ4n) is 5.03. The highest BCUT2D eigenvalue weighted by molar-refractivity contribution is 7.92. The molecule has 1 aliphatic rings. The first-order valence-electron chi connectivity index (χ1n) is 13.7. The number of rotatable bonds is 11. The number of para-hydroxylation sites is 1. The predicted octanol–water partition coefficient (Wildman–Crippen LogP) is 4.93. The average Bonchev–Trinajstić information content (AvgIpc) is 2.98. The third-order valence-electron chi connectivity index (χ3n) is 7.33. The van der Waals surface area contributed by atoms with Crippen molar-refractivity contribution >= 4 is 27.5 Å². The molecule has 3 aromatic rings. The second-order valence-corrected chi connectivity index (χ2v) is 12.0. The summed E-state index contributed by atoms with van der Waals surface area (Å²) in [6, 6.07) is 21.8. The molecule has 1 saturated carbocycles. The van der Waals surface area contributed by atoms with Crippen molar-refractivity contribution < 1.29 is 22.4 Å². The van der Waals surface area contributed by atoms with Crippen molar-refractivity contribution in [3.05, 3.63) is 96.3 Å². The van der Waals surface area contributed by atoms with Crippen molar-refractivity contribution in [3.8, 4) is 0 Å². The van der Waals surface area contributed by atoms with Crippen LogP contribution < -0.4 is 9.62 Å². The molecule has 9 heteroatoms. The van der Waals surface area contributed by atoms with Crippen LogP contribution in [0.4, 0.5) is 10.1 Å². The van der Waals surface area contributed by atoms with Gasteiger partial charge in [0, 0.05) is 12.6 Å². The van der Waals surface area contributed by atoms with Gasteiger partial charge in [-0.15, -0.1) is 0 Å². The second-order valence-electron chi connectivity index (χ2n) is 10.1. The molecule has 0 radical (unpaired) electrons. The fraction of sp³-hybridized carbons (Fsp3) is 0.355. The lowest BCUT2D eigenvalue weighted by atomic mass is 9.95. The number of amides is 2. The van der Waals surface area contributed by atoms with E-state index in [0.717, 1.165) is 48.0 Å². The zero-order valence-corrected chi connectivity index (χ0v) is 23.5. The Hall–Kier alpha value is -3.72. The molecule has 2 amide bonds. The van der Waals surface area contributed by atoms with Gasteiger partial charge in [-0.1, -0.05) is 79.9 Å². The van der Waals surface area contributed by atoms with Gasteiger partial charge in [0.25, 0.3) is 10.0 Å². The Bertz CT molecular complexity index is 1380. The van der Waals surface area contributed by atoms with E-state index < -0.39 is 34.3 Å². The van der Waals surface area contributed by atoms with Gasteiger partial charge in [0.15, 0.2) is 0 Å². The van der Waals surface area contributed by atoms with Crippen LogP contribution in [-0.4, -0.2) is 50.3 Å². The molecule has 212 valence electrons. The van der Waals surface area contributed by atoms with E-state index in [-0.39, 0.29) is 29.1 Å². The minimum atomic E-state index is -4.30. The number of benzene rings is 3. The largest absolute Gasteiger partial charge is 0.352 e. The number of nitrogens with one attached hydrogen (secondary N) is 1. The lowest BCUT2D eigenvalue weighted by Gasteiger charge is -2.33. The van der Waals surface area contributed by atoms with Crippen LogP contribution in [0.2, 0.25) is 0 Å². The molecule has 1 fully saturated rings. The molecule has 0 spiro atoms. The maximum absolute atomic E-state index is 15.0. The molecule has 3 aromatic carbocycles. The average molecular weight is 566 g/mol. The highest BCUT2D eigenvalue weighted by atomic mass is 32.2. The summed E-state index contributed by atoms with van der Waals surface area (Å²) in [5.74, 6) is -1.64. The maximum atomic E-state index is 15.0. The predicted molar refractivity (Wildman–Crippen MR) is 154 cm³/mol. The van der Waals surface area contributed by atoms with Gasteiger partial charge in [-0.2, -0.15) is 0 Å². The third kappa shape index (κ3) is 7.27. The molecule has 0 unspecified atom stereocenters. The molecule has 1 N–H and O–H groups in total. The molecule has 7 nitrogen and oxygen atoms in total. The third-order valence-corrected chi connectivity index (χ3v) is 9.11. The fourth-order valence-corrected chi connectivity index (χ4v) is 6.47. The van der Waals surface area contributed by atoms with Crippen molar-refractivity contribution in [2.24, 2.45) is 0 Å². The first kappa shape index (κ1) is 29.3. The molecular formula is C31H36FN3O4S. The molecule has 4 rings (SSSR count). The molecule has 40 heavy (non-hydrogen) atoms. The van der Waals surface area contributed by atoms with Gasteiger partial charge in [0.05, 0.1) is 10.6 Å². The smallest absolute Gasteiger partial charge is 0.264 e. The Morgan fingerprint density at radius 2 is 1.50 bits per heavy atom. The number of carbonyl (C=O) groups excluding carboxylic acids is 2. The lowest BCUT2D eigenvalue weighted by molar-refractivity contribution is -0.139. The normalized spacial score (nSPS) is 14.8. The van der Waals surface area contributed by atoms with Gasteiger partial charge in [0.1, 0.15) is 18.4 Å². The Kier molecular flexibility index (Phi) is 9.93. The van der Waals surface area contributed by atoms with Crippen LogP contribution in [0.5, 0.6) is 0 Å². The summed E-state index contributed by atoms with van der Waals surface area (Å²) >= 11 is 0. The van der Waals surface area contributed by atoms with E-state index in [9.17, 15) is 22.4 Å². The summed E-state index contributed by atoms with van der Waals surface area (Å²) in [5, 5.41) is 3.08. The standard InChI is InChI=1S/C31H36FN3O4S/c1-24(31(37)33-26-15-7-3-8-16-26)34(22-21-25-13-5-2-6-14-25)30(36)23-35(29-20-12-11-19-28(29)32)40(38,39)27-17-9-4-10-18-27/h2,4-6,9-14,17-20,24,26H,3,7-8,15-16,21-23H2,1H3,(H,33,37)/t24-/m1/s1. The van der Waals surface area contributed by atoms with Crippen molar-refractivity contribution in [2.75, 3.05) is 17.4 Å². The topological polar surface area (TPSA) is 86.8 Å². The van der Waals surface area contributed by atoms with E-state index in [2.05, 4.69) is 5.32 Å². The Morgan fingerprint density at radius 3 is 2.15 bits per heavy atom. The van der Waals surface area contributed by atoms with Gasteiger partial charge in [-0.3, -0.25) is 13.9 Å². The Labute approximate surface area is 236 Å². The summed E-state index contributed by atoms with van der Waals surface area (Å²) < 4.78 is 43.1. The van der Waals surface area contributed by atoms with E-state index >= 15 is 0 Å². The Balaban J connectivity index is 1.63. The number of nitrogens with zero attached hydrogens (tertiary/aromatic N) is 2. The molecule has 1 atom stereocenters. The second kappa shape index (κ2) is 13.6. The highest BCUT2D eigenvalue weighted by Crippen LogP contribution is 2.27. The van der Waals surface area contributed by atoms with Crippen molar-refractivity contribution in [1.29, 1.82) is 0 Å². The van der Waals surface area contributed by atoms with Crippen molar-refractivity contribution in [3.63, 3.8) is 0 Å². The number of carbonyl (C=O) groups is 2. The van der Waals surface area contributed by atoms with E-state index in [0.29, 0.717) is 6.42 Å². The lowest BCUT2D eigenvalue weighted by Crippen LogP contribution is -2.53. The highest BCUT2D eigenvalue weighted by Gasteiger charge is 2.33. The van der Waals surface area contributed by atoms with E-state index in [1.165, 1.54) is 35.2 Å². The first-order chi connectivity index (χ1) is 19.3. The summed E-state index contributed by atoms with van der Waals surface area (Å²) in [5.41, 5.74) is 0.741. The molecule has 0 bridgehead atoms. The van der Waals surface area contributed by atoms with Gasteiger partial charge >= 0.3 is 0 Å². The summed E-state index contributed by atoms with van der Waals surface area (Å²) in [4.78, 5) is 28.5. The van der Waals surface area contributed by atoms with Crippen molar-refractivity contribution in [2.45, 2.75) is 62.4 Å². The summed E-state index contributed by atoms with van der Waals surface area (Å²) in [6.45, 7) is 1.19. The first-order valence-corrected chi connectivity index (χ1v) is 15.2. The molecule has 1 aliphatic carbocycles. The van der Waals surface area contributed by atoms with Crippen LogP contribution in [0.1, 0.15) is 44.6 Å². The molecule has 0 heterocycles. The molecule has 0 saturated heterocycles. The minimum Gasteiger partial charge on any atom is -0.352 e. The number of hydrogen-bond acceptors (Lipinski definition) is 4. The van der Waals surface area contributed by atoms with Gasteiger partial charge in [-0.05, 0) is 56.0 Å². The monoisotopic (exact) mass is 565 g/mol. The van der Waals surface area contributed by atoms with Crippen molar-refractivity contribution in [1.82, 2.24) is 10.2 Å². The van der Waals surface area contributed by atoms with Crippen LogP contribution in [-0.2, 0) is 26.0 Å². The summed E-state index contributed by atoms with van der Waals surface area (Å²) in [7, 11) is -4.30.